The lowest BCUT2D eigenvalue weighted by Gasteiger charge is -2.16. The molecule has 1 aromatic rings. The molecule has 0 aromatic heterocycles. The first kappa shape index (κ1) is 14.5. The second-order valence-electron chi connectivity index (χ2n) is 3.92. The molecule has 3 N–H and O–H groups in total. The maximum Gasteiger partial charge on any atom is 0.254 e. The predicted octanol–water partition coefficient (Wildman–Crippen LogP) is 1.96. The van der Waals surface area contributed by atoms with Crippen molar-refractivity contribution in [3.63, 3.8) is 0 Å². The Balaban J connectivity index is 2.87. The van der Waals surface area contributed by atoms with Crippen LogP contribution in [0.15, 0.2) is 12.1 Å². The molecule has 0 saturated carbocycles. The first-order chi connectivity index (χ1) is 8.51. The van der Waals surface area contributed by atoms with Crippen LogP contribution in [0.4, 0.5) is 13.2 Å². The summed E-state index contributed by atoms with van der Waals surface area (Å²) in [7, 11) is 0. The molecule has 1 aromatic carbocycles. The van der Waals surface area contributed by atoms with Crippen molar-refractivity contribution in [2.24, 2.45) is 5.73 Å². The van der Waals surface area contributed by atoms with Crippen LogP contribution in [0.3, 0.4) is 0 Å². The summed E-state index contributed by atoms with van der Waals surface area (Å²) in [5.41, 5.74) is 4.91. The number of rotatable bonds is 5. The molecule has 0 fully saturated rings. The van der Waals surface area contributed by atoms with Crippen LogP contribution in [-0.2, 0) is 0 Å². The van der Waals surface area contributed by atoms with Gasteiger partial charge in [-0.15, -0.1) is 0 Å². The second kappa shape index (κ2) is 6.39. The van der Waals surface area contributed by atoms with Gasteiger partial charge in [0.05, 0.1) is 5.56 Å². The van der Waals surface area contributed by atoms with Gasteiger partial charge in [0, 0.05) is 12.6 Å². The summed E-state index contributed by atoms with van der Waals surface area (Å²) >= 11 is 0. The van der Waals surface area contributed by atoms with Gasteiger partial charge in [0.1, 0.15) is 0 Å². The summed E-state index contributed by atoms with van der Waals surface area (Å²) < 4.78 is 39.0. The molecular weight excluding hydrogens is 245 g/mol. The Bertz CT molecular complexity index is 438. The highest BCUT2D eigenvalue weighted by molar-refractivity contribution is 5.94. The monoisotopic (exact) mass is 260 g/mol. The van der Waals surface area contributed by atoms with E-state index in [1.165, 1.54) is 0 Å². The number of carbonyl (C=O) groups is 1. The molecule has 6 heteroatoms. The molecule has 0 radical (unpaired) electrons. The quantitative estimate of drug-likeness (QED) is 0.795. The number of halogens is 3. The number of nitrogens with one attached hydrogen (secondary N) is 1. The van der Waals surface area contributed by atoms with E-state index in [9.17, 15) is 18.0 Å². The van der Waals surface area contributed by atoms with E-state index in [1.807, 2.05) is 6.92 Å². The van der Waals surface area contributed by atoms with Crippen molar-refractivity contribution in [3.05, 3.63) is 35.1 Å². The average Bonchev–Trinajstić information content (AvgIpc) is 2.35. The zero-order valence-corrected chi connectivity index (χ0v) is 9.97. The predicted molar refractivity (Wildman–Crippen MR) is 61.5 cm³/mol. The van der Waals surface area contributed by atoms with Crippen molar-refractivity contribution >= 4 is 5.91 Å². The van der Waals surface area contributed by atoms with Crippen molar-refractivity contribution in [1.82, 2.24) is 5.32 Å². The molecule has 0 bridgehead atoms. The molecule has 0 aliphatic heterocycles. The molecule has 3 nitrogen and oxygen atoms in total. The minimum Gasteiger partial charge on any atom is -0.348 e. The van der Waals surface area contributed by atoms with Gasteiger partial charge in [-0.1, -0.05) is 13.3 Å². The van der Waals surface area contributed by atoms with Crippen molar-refractivity contribution in [3.8, 4) is 0 Å². The third-order valence-corrected chi connectivity index (χ3v) is 2.54. The first-order valence-electron chi connectivity index (χ1n) is 5.65. The first-order valence-corrected chi connectivity index (χ1v) is 5.65. The molecule has 1 unspecified atom stereocenters. The van der Waals surface area contributed by atoms with Crippen LogP contribution in [-0.4, -0.2) is 18.5 Å². The summed E-state index contributed by atoms with van der Waals surface area (Å²) in [6.45, 7) is 2.11. The maximum absolute atomic E-state index is 13.3. The van der Waals surface area contributed by atoms with Crippen LogP contribution < -0.4 is 11.1 Å². The van der Waals surface area contributed by atoms with Gasteiger partial charge in [-0.25, -0.2) is 13.2 Å². The summed E-state index contributed by atoms with van der Waals surface area (Å²) in [6, 6.07) is 1.31. The fourth-order valence-electron chi connectivity index (χ4n) is 1.56. The Morgan fingerprint density at radius 1 is 1.33 bits per heavy atom. The van der Waals surface area contributed by atoms with Gasteiger partial charge in [-0.2, -0.15) is 0 Å². The number of hydrogen-bond acceptors (Lipinski definition) is 2. The van der Waals surface area contributed by atoms with Gasteiger partial charge < -0.3 is 11.1 Å². The molecule has 0 spiro atoms. The van der Waals surface area contributed by atoms with Crippen molar-refractivity contribution in [1.29, 1.82) is 0 Å². The molecule has 0 heterocycles. The van der Waals surface area contributed by atoms with Crippen molar-refractivity contribution in [2.75, 3.05) is 6.54 Å². The van der Waals surface area contributed by atoms with Crippen LogP contribution in [0.5, 0.6) is 0 Å². The third-order valence-electron chi connectivity index (χ3n) is 2.54. The molecule has 1 amide bonds. The molecule has 1 atom stereocenters. The van der Waals surface area contributed by atoms with Gasteiger partial charge in [-0.05, 0) is 18.6 Å². The summed E-state index contributed by atoms with van der Waals surface area (Å²) in [6.07, 6.45) is 1.43. The van der Waals surface area contributed by atoms with E-state index in [0.29, 0.717) is 12.5 Å². The largest absolute Gasteiger partial charge is 0.348 e. The standard InChI is InChI=1S/C12H15F3N2O/c1-2-3-7(6-16)17-12(18)8-4-5-9(13)11(15)10(8)14/h4-5,7H,2-3,6,16H2,1H3,(H,17,18). The normalized spacial score (nSPS) is 12.3. The number of amides is 1. The fourth-order valence-corrected chi connectivity index (χ4v) is 1.56. The van der Waals surface area contributed by atoms with Gasteiger partial charge in [0.2, 0.25) is 0 Å². The molecule has 0 aliphatic rings. The summed E-state index contributed by atoms with van der Waals surface area (Å²) in [4.78, 5) is 11.7. The highest BCUT2D eigenvalue weighted by Gasteiger charge is 2.20. The number of nitrogens with two attached hydrogens (primary N) is 1. The molecular formula is C12H15F3N2O. The van der Waals surface area contributed by atoms with Crippen molar-refractivity contribution < 1.29 is 18.0 Å². The lowest BCUT2D eigenvalue weighted by molar-refractivity contribution is 0.0930. The number of carbonyl (C=O) groups excluding carboxylic acids is 1. The molecule has 100 valence electrons. The van der Waals surface area contributed by atoms with Crippen molar-refractivity contribution in [2.45, 2.75) is 25.8 Å². The highest BCUT2D eigenvalue weighted by Crippen LogP contribution is 2.15. The molecule has 0 saturated heterocycles. The number of benzene rings is 1. The van der Waals surface area contributed by atoms with Gasteiger partial charge in [0.15, 0.2) is 17.5 Å². The molecule has 1 rings (SSSR count). The van der Waals surface area contributed by atoms with E-state index < -0.39 is 28.9 Å². The summed E-state index contributed by atoms with van der Waals surface area (Å²) in [5.74, 6) is -5.26. The zero-order chi connectivity index (χ0) is 13.7. The Morgan fingerprint density at radius 2 is 2.00 bits per heavy atom. The number of hydrogen-bond donors (Lipinski definition) is 2. The van der Waals surface area contributed by atoms with E-state index in [4.69, 9.17) is 5.73 Å². The average molecular weight is 260 g/mol. The van der Waals surface area contributed by atoms with E-state index in [1.54, 1.807) is 0 Å². The summed E-state index contributed by atoms with van der Waals surface area (Å²) in [5, 5.41) is 2.48. The topological polar surface area (TPSA) is 55.1 Å². The van der Waals surface area contributed by atoms with E-state index in [-0.39, 0.29) is 12.6 Å². The van der Waals surface area contributed by atoms with Crippen LogP contribution in [0.2, 0.25) is 0 Å². The molecule has 18 heavy (non-hydrogen) atoms. The van der Waals surface area contributed by atoms with Gasteiger partial charge >= 0.3 is 0 Å². The highest BCUT2D eigenvalue weighted by atomic mass is 19.2. The zero-order valence-electron chi connectivity index (χ0n) is 9.97. The lowest BCUT2D eigenvalue weighted by atomic mass is 10.1. The van der Waals surface area contributed by atoms with Gasteiger partial charge in [-0.3, -0.25) is 4.79 Å². The Labute approximate surface area is 103 Å². The smallest absolute Gasteiger partial charge is 0.254 e. The Morgan fingerprint density at radius 3 is 2.56 bits per heavy atom. The Kier molecular flexibility index (Phi) is 5.15. The van der Waals surface area contributed by atoms with E-state index in [0.717, 1.165) is 12.5 Å². The second-order valence-corrected chi connectivity index (χ2v) is 3.92. The fraction of sp³-hybridized carbons (Fsp3) is 0.417. The van der Waals surface area contributed by atoms with Crippen LogP contribution in [0, 0.1) is 17.5 Å². The van der Waals surface area contributed by atoms with Crippen LogP contribution in [0.25, 0.3) is 0 Å². The van der Waals surface area contributed by atoms with Crippen LogP contribution in [0.1, 0.15) is 30.1 Å². The van der Waals surface area contributed by atoms with E-state index >= 15 is 0 Å². The van der Waals surface area contributed by atoms with E-state index in [2.05, 4.69) is 5.32 Å². The molecule has 0 aliphatic carbocycles. The minimum absolute atomic E-state index is 0.199. The Hall–Kier alpha value is -1.56. The lowest BCUT2D eigenvalue weighted by Crippen LogP contribution is -2.40. The van der Waals surface area contributed by atoms with Crippen LogP contribution >= 0.6 is 0 Å². The maximum atomic E-state index is 13.3. The SMILES string of the molecule is CCCC(CN)NC(=O)c1ccc(F)c(F)c1F. The minimum atomic E-state index is -1.65. The van der Waals surface area contributed by atoms with Gasteiger partial charge in [0.25, 0.3) is 5.91 Å². The third kappa shape index (κ3) is 3.22.